The number of halogens is 1. The third-order valence-electron chi connectivity index (χ3n) is 3.24. The van der Waals surface area contributed by atoms with E-state index in [-0.39, 0.29) is 17.5 Å². The Morgan fingerprint density at radius 2 is 2.05 bits per heavy atom. The molecule has 104 valence electrons. The summed E-state index contributed by atoms with van der Waals surface area (Å²) in [5.74, 6) is 0.134. The van der Waals surface area contributed by atoms with Gasteiger partial charge in [-0.05, 0) is 25.0 Å². The number of hydrogen-bond donors (Lipinski definition) is 3. The fourth-order valence-corrected chi connectivity index (χ4v) is 2.35. The van der Waals surface area contributed by atoms with Gasteiger partial charge in [-0.15, -0.1) is 10.2 Å². The molecule has 6 nitrogen and oxygen atoms in total. The van der Waals surface area contributed by atoms with Crippen LogP contribution in [0.3, 0.4) is 0 Å². The van der Waals surface area contributed by atoms with Crippen molar-refractivity contribution in [3.63, 3.8) is 0 Å². The Morgan fingerprint density at radius 3 is 2.68 bits per heavy atom. The van der Waals surface area contributed by atoms with Gasteiger partial charge in [0.15, 0.2) is 11.0 Å². The van der Waals surface area contributed by atoms with Crippen molar-refractivity contribution in [2.45, 2.75) is 44.1 Å². The first-order valence-corrected chi connectivity index (χ1v) is 6.72. The Kier molecular flexibility index (Phi) is 4.55. The largest absolute Gasteiger partial charge is 0.389 e. The Morgan fingerprint density at radius 1 is 1.32 bits per heavy atom. The van der Waals surface area contributed by atoms with E-state index in [0.717, 1.165) is 19.3 Å². The average molecular weight is 285 g/mol. The smallest absolute Gasteiger partial charge is 0.241 e. The number of hydrogen-bond acceptors (Lipinski definition) is 5. The van der Waals surface area contributed by atoms with Gasteiger partial charge in [0.25, 0.3) is 0 Å². The Balaban J connectivity index is 1.79. The highest BCUT2D eigenvalue weighted by Crippen LogP contribution is 2.30. The predicted molar refractivity (Wildman–Crippen MR) is 71.5 cm³/mol. The van der Waals surface area contributed by atoms with Crippen molar-refractivity contribution in [1.29, 1.82) is 0 Å². The first-order valence-electron chi connectivity index (χ1n) is 6.34. The third-order valence-corrected chi connectivity index (χ3v) is 3.44. The summed E-state index contributed by atoms with van der Waals surface area (Å²) in [6, 6.07) is 3.17. The average Bonchev–Trinajstić information content (AvgIpc) is 2.38. The second-order valence-corrected chi connectivity index (χ2v) is 5.26. The molecule has 19 heavy (non-hydrogen) atoms. The van der Waals surface area contributed by atoms with Crippen LogP contribution in [0.2, 0.25) is 5.15 Å². The molecule has 0 radical (unpaired) electrons. The van der Waals surface area contributed by atoms with Gasteiger partial charge in [-0.2, -0.15) is 0 Å². The molecule has 0 spiro atoms. The van der Waals surface area contributed by atoms with Crippen molar-refractivity contribution in [3.05, 3.63) is 17.3 Å². The minimum atomic E-state index is -0.865. The minimum absolute atomic E-state index is 0.0982. The van der Waals surface area contributed by atoms with E-state index >= 15 is 0 Å². The van der Waals surface area contributed by atoms with E-state index in [9.17, 15) is 9.90 Å². The van der Waals surface area contributed by atoms with Crippen molar-refractivity contribution >= 4 is 23.3 Å². The molecule has 0 bridgehead atoms. The van der Waals surface area contributed by atoms with E-state index in [4.69, 9.17) is 11.6 Å². The van der Waals surface area contributed by atoms with Gasteiger partial charge >= 0.3 is 0 Å². The molecule has 1 aromatic rings. The molecule has 3 N–H and O–H groups in total. The number of aromatic nitrogens is 2. The molecular weight excluding hydrogens is 268 g/mol. The zero-order valence-electron chi connectivity index (χ0n) is 10.5. The summed E-state index contributed by atoms with van der Waals surface area (Å²) >= 11 is 5.60. The lowest BCUT2D eigenvalue weighted by Gasteiger charge is -2.31. The molecule has 0 saturated heterocycles. The van der Waals surface area contributed by atoms with Gasteiger partial charge < -0.3 is 5.11 Å². The van der Waals surface area contributed by atoms with Crippen LogP contribution in [0.1, 0.15) is 38.5 Å². The molecule has 1 aliphatic carbocycles. The van der Waals surface area contributed by atoms with Crippen molar-refractivity contribution in [1.82, 2.24) is 15.6 Å². The summed E-state index contributed by atoms with van der Waals surface area (Å²) in [6.07, 6.45) is 4.53. The quantitative estimate of drug-likeness (QED) is 0.732. The lowest BCUT2D eigenvalue weighted by Crippen LogP contribution is -2.40. The van der Waals surface area contributed by atoms with Gasteiger partial charge in [0, 0.05) is 0 Å². The molecule has 1 saturated carbocycles. The zero-order valence-corrected chi connectivity index (χ0v) is 11.3. The van der Waals surface area contributed by atoms with Gasteiger partial charge in [0.2, 0.25) is 5.91 Å². The molecule has 7 heteroatoms. The van der Waals surface area contributed by atoms with Crippen molar-refractivity contribution in [2.75, 3.05) is 5.43 Å². The maximum Gasteiger partial charge on any atom is 0.241 e. The molecule has 0 aromatic carbocycles. The summed E-state index contributed by atoms with van der Waals surface area (Å²) in [7, 11) is 0. The molecule has 0 atom stereocenters. The number of nitrogens with zero attached hydrogens (tertiary/aromatic N) is 2. The zero-order chi connectivity index (χ0) is 13.7. The molecule has 1 fully saturated rings. The molecule has 1 aliphatic rings. The van der Waals surface area contributed by atoms with Gasteiger partial charge in [0.1, 0.15) is 0 Å². The maximum atomic E-state index is 11.7. The van der Waals surface area contributed by atoms with Crippen LogP contribution in [-0.4, -0.2) is 26.8 Å². The minimum Gasteiger partial charge on any atom is -0.389 e. The first kappa shape index (κ1) is 14.0. The van der Waals surface area contributed by atoms with Crippen LogP contribution in [0.5, 0.6) is 0 Å². The topological polar surface area (TPSA) is 87.1 Å². The van der Waals surface area contributed by atoms with E-state index in [2.05, 4.69) is 21.0 Å². The van der Waals surface area contributed by atoms with Gasteiger partial charge in [-0.1, -0.05) is 30.9 Å². The molecule has 2 rings (SSSR count). The lowest BCUT2D eigenvalue weighted by molar-refractivity contribution is -0.126. The van der Waals surface area contributed by atoms with Crippen LogP contribution in [0.25, 0.3) is 0 Å². The van der Waals surface area contributed by atoms with E-state index in [1.165, 1.54) is 0 Å². The fourth-order valence-electron chi connectivity index (χ4n) is 2.25. The second-order valence-electron chi connectivity index (χ2n) is 4.88. The normalized spacial score (nSPS) is 17.8. The number of aliphatic hydroxyl groups is 1. The fraction of sp³-hybridized carbons (Fsp3) is 0.583. The third kappa shape index (κ3) is 4.33. The number of amides is 1. The van der Waals surface area contributed by atoms with E-state index < -0.39 is 5.60 Å². The Bertz CT molecular complexity index is 432. The molecule has 1 aromatic heterocycles. The lowest BCUT2D eigenvalue weighted by atomic mass is 9.82. The molecular formula is C12H17ClN4O2. The Hall–Kier alpha value is -1.40. The van der Waals surface area contributed by atoms with Crippen LogP contribution in [0.15, 0.2) is 12.1 Å². The van der Waals surface area contributed by atoms with Gasteiger partial charge in [-0.25, -0.2) is 0 Å². The van der Waals surface area contributed by atoms with Gasteiger partial charge in [-0.3, -0.25) is 15.6 Å². The van der Waals surface area contributed by atoms with Crippen molar-refractivity contribution in [3.8, 4) is 0 Å². The number of carbonyl (C=O) groups is 1. The van der Waals surface area contributed by atoms with E-state index in [1.807, 2.05) is 0 Å². The van der Waals surface area contributed by atoms with Crippen molar-refractivity contribution in [2.24, 2.45) is 0 Å². The summed E-state index contributed by atoms with van der Waals surface area (Å²) in [5.41, 5.74) is 4.27. The molecule has 1 heterocycles. The SMILES string of the molecule is O=C(CC1(O)CCCCC1)NNc1ccc(Cl)nn1. The highest BCUT2D eigenvalue weighted by atomic mass is 35.5. The van der Waals surface area contributed by atoms with Crippen LogP contribution >= 0.6 is 11.6 Å². The summed E-state index contributed by atoms with van der Waals surface area (Å²) in [5, 5.41) is 17.9. The summed E-state index contributed by atoms with van der Waals surface area (Å²) in [4.78, 5) is 11.7. The second kappa shape index (κ2) is 6.16. The number of hydrazine groups is 1. The predicted octanol–water partition coefficient (Wildman–Crippen LogP) is 1.66. The van der Waals surface area contributed by atoms with Crippen molar-refractivity contribution < 1.29 is 9.90 Å². The van der Waals surface area contributed by atoms with E-state index in [1.54, 1.807) is 12.1 Å². The molecule has 0 aliphatic heterocycles. The number of nitrogens with one attached hydrogen (secondary N) is 2. The number of carbonyl (C=O) groups excluding carboxylic acids is 1. The van der Waals surface area contributed by atoms with Crippen LogP contribution in [0.4, 0.5) is 5.82 Å². The number of anilines is 1. The molecule has 1 amide bonds. The van der Waals surface area contributed by atoms with Gasteiger partial charge in [0.05, 0.1) is 12.0 Å². The van der Waals surface area contributed by atoms with E-state index in [0.29, 0.717) is 18.7 Å². The standard InChI is InChI=1S/C12H17ClN4O2/c13-9-4-5-10(15-14-9)16-17-11(18)8-12(19)6-2-1-3-7-12/h4-5,19H,1-3,6-8H2,(H,15,16)(H,17,18). The summed E-state index contributed by atoms with van der Waals surface area (Å²) < 4.78 is 0. The highest BCUT2D eigenvalue weighted by Gasteiger charge is 2.31. The maximum absolute atomic E-state index is 11.7. The monoisotopic (exact) mass is 284 g/mol. The number of rotatable bonds is 4. The Labute approximate surface area is 116 Å². The first-order chi connectivity index (χ1) is 9.07. The highest BCUT2D eigenvalue weighted by molar-refractivity contribution is 6.29. The van der Waals surface area contributed by atoms with Crippen LogP contribution in [-0.2, 0) is 4.79 Å². The molecule has 0 unspecified atom stereocenters. The van der Waals surface area contributed by atoms with Crippen LogP contribution in [0, 0.1) is 0 Å². The van der Waals surface area contributed by atoms with Crippen LogP contribution < -0.4 is 10.9 Å². The summed E-state index contributed by atoms with van der Waals surface area (Å²) in [6.45, 7) is 0.